The lowest BCUT2D eigenvalue weighted by molar-refractivity contribution is 0.581. The largest absolute Gasteiger partial charge is 0.240 e. The topological polar surface area (TPSA) is 72.0 Å². The van der Waals surface area contributed by atoms with Gasteiger partial charge in [-0.05, 0) is 34.9 Å². The molecule has 0 aliphatic rings. The van der Waals surface area contributed by atoms with Crippen molar-refractivity contribution in [3.8, 4) is 11.4 Å². The fraction of sp³-hybridized carbons (Fsp3) is 0.0909. The number of hydrogen-bond acceptors (Lipinski definition) is 4. The van der Waals surface area contributed by atoms with Crippen molar-refractivity contribution in [3.63, 3.8) is 0 Å². The third-order valence-electron chi connectivity index (χ3n) is 4.47. The van der Waals surface area contributed by atoms with Crippen LogP contribution < -0.4 is 4.72 Å². The minimum atomic E-state index is -3.56. The van der Waals surface area contributed by atoms with Crippen molar-refractivity contribution in [2.45, 2.75) is 11.3 Å². The zero-order valence-electron chi connectivity index (χ0n) is 15.1. The summed E-state index contributed by atoms with van der Waals surface area (Å²) in [6, 6.07) is 22.5. The van der Waals surface area contributed by atoms with E-state index in [-0.39, 0.29) is 11.4 Å². The van der Waals surface area contributed by atoms with Gasteiger partial charge in [-0.3, -0.25) is 0 Å². The molecule has 1 heterocycles. The second-order valence-corrected chi connectivity index (χ2v) is 8.20. The van der Waals surface area contributed by atoms with Gasteiger partial charge in [-0.25, -0.2) is 23.1 Å². The van der Waals surface area contributed by atoms with Crippen molar-refractivity contribution in [1.29, 1.82) is 0 Å². The molecule has 1 N–H and O–H groups in total. The maximum atomic E-state index is 12.6. The van der Waals surface area contributed by atoms with Crippen LogP contribution in [0.15, 0.2) is 90.1 Å². The van der Waals surface area contributed by atoms with Crippen molar-refractivity contribution >= 4 is 20.8 Å². The van der Waals surface area contributed by atoms with Crippen LogP contribution in [0.3, 0.4) is 0 Å². The molecule has 140 valence electrons. The van der Waals surface area contributed by atoms with Crippen molar-refractivity contribution in [1.82, 2.24) is 14.7 Å². The van der Waals surface area contributed by atoms with Gasteiger partial charge >= 0.3 is 0 Å². The van der Waals surface area contributed by atoms with E-state index in [0.29, 0.717) is 12.2 Å². The quantitative estimate of drug-likeness (QED) is 0.544. The molecule has 0 radical (unpaired) electrons. The summed E-state index contributed by atoms with van der Waals surface area (Å²) in [7, 11) is -3.56. The fourth-order valence-corrected chi connectivity index (χ4v) is 4.03. The predicted octanol–water partition coefficient (Wildman–Crippen LogP) is 3.82. The highest BCUT2D eigenvalue weighted by Gasteiger charge is 2.14. The molecule has 4 rings (SSSR count). The van der Waals surface area contributed by atoms with Crippen molar-refractivity contribution in [2.24, 2.45) is 0 Å². The van der Waals surface area contributed by atoms with Crippen LogP contribution in [0.25, 0.3) is 22.2 Å². The average molecular weight is 389 g/mol. The molecule has 0 amide bonds. The van der Waals surface area contributed by atoms with E-state index < -0.39 is 10.0 Å². The second kappa shape index (κ2) is 7.88. The van der Waals surface area contributed by atoms with Gasteiger partial charge in [0, 0.05) is 24.5 Å². The Morgan fingerprint density at radius 2 is 1.46 bits per heavy atom. The lowest BCUT2D eigenvalue weighted by Gasteiger charge is -2.08. The predicted molar refractivity (Wildman–Crippen MR) is 110 cm³/mol. The second-order valence-electron chi connectivity index (χ2n) is 6.44. The van der Waals surface area contributed by atoms with Crippen LogP contribution in [-0.2, 0) is 16.4 Å². The van der Waals surface area contributed by atoms with Gasteiger partial charge in [-0.2, -0.15) is 0 Å². The van der Waals surface area contributed by atoms with E-state index >= 15 is 0 Å². The van der Waals surface area contributed by atoms with Gasteiger partial charge in [-0.1, -0.05) is 60.7 Å². The van der Waals surface area contributed by atoms with Gasteiger partial charge in [0.15, 0.2) is 5.82 Å². The Morgan fingerprint density at radius 3 is 2.21 bits per heavy atom. The van der Waals surface area contributed by atoms with Gasteiger partial charge in [-0.15, -0.1) is 0 Å². The molecule has 0 aliphatic carbocycles. The summed E-state index contributed by atoms with van der Waals surface area (Å²) < 4.78 is 27.8. The molecule has 0 fully saturated rings. The molecule has 28 heavy (non-hydrogen) atoms. The molecule has 4 aromatic rings. The van der Waals surface area contributed by atoms with Crippen LogP contribution in [0.2, 0.25) is 0 Å². The zero-order chi connectivity index (χ0) is 19.4. The van der Waals surface area contributed by atoms with Gasteiger partial charge in [0.05, 0.1) is 4.90 Å². The smallest absolute Gasteiger partial charge is 0.236 e. The molecule has 0 aliphatic heterocycles. The first-order valence-corrected chi connectivity index (χ1v) is 10.4. The van der Waals surface area contributed by atoms with Gasteiger partial charge in [0.1, 0.15) is 0 Å². The monoisotopic (exact) mass is 389 g/mol. The zero-order valence-corrected chi connectivity index (χ0v) is 15.9. The van der Waals surface area contributed by atoms with E-state index in [0.717, 1.165) is 21.9 Å². The van der Waals surface area contributed by atoms with E-state index in [1.54, 1.807) is 24.5 Å². The number of nitrogens with zero attached hydrogens (tertiary/aromatic N) is 2. The average Bonchev–Trinajstić information content (AvgIpc) is 2.74. The minimum Gasteiger partial charge on any atom is -0.236 e. The molecule has 0 saturated heterocycles. The molecule has 0 saturated carbocycles. The third-order valence-corrected chi connectivity index (χ3v) is 5.93. The third kappa shape index (κ3) is 4.08. The Morgan fingerprint density at radius 1 is 0.786 bits per heavy atom. The summed E-state index contributed by atoms with van der Waals surface area (Å²) in [5.74, 6) is 0.654. The van der Waals surface area contributed by atoms with Crippen molar-refractivity contribution in [2.75, 3.05) is 6.54 Å². The van der Waals surface area contributed by atoms with E-state index in [1.807, 2.05) is 60.7 Å². The van der Waals surface area contributed by atoms with E-state index in [4.69, 9.17) is 0 Å². The standard InChI is InChI=1S/C22H19N3O2S/c26-28(27,21-11-10-18-6-4-5-9-20(18)14-21)25-13-12-17-15-23-22(24-16-17)19-7-2-1-3-8-19/h1-11,14-16,25H,12-13H2. The maximum absolute atomic E-state index is 12.6. The van der Waals surface area contributed by atoms with Crippen LogP contribution in [0.5, 0.6) is 0 Å². The van der Waals surface area contributed by atoms with Crippen LogP contribution in [0.1, 0.15) is 5.56 Å². The highest BCUT2D eigenvalue weighted by molar-refractivity contribution is 7.89. The molecule has 3 aromatic carbocycles. The van der Waals surface area contributed by atoms with E-state index in [2.05, 4.69) is 14.7 Å². The molecule has 0 atom stereocenters. The lowest BCUT2D eigenvalue weighted by Crippen LogP contribution is -2.26. The summed E-state index contributed by atoms with van der Waals surface area (Å²) in [6.45, 7) is 0.281. The molecule has 0 spiro atoms. The SMILES string of the molecule is O=S(=O)(NCCc1cnc(-c2ccccc2)nc1)c1ccc2ccccc2c1. The Kier molecular flexibility index (Phi) is 5.14. The van der Waals surface area contributed by atoms with Gasteiger partial charge < -0.3 is 0 Å². The molecule has 0 unspecified atom stereocenters. The number of benzene rings is 3. The van der Waals surface area contributed by atoms with Crippen LogP contribution in [-0.4, -0.2) is 24.9 Å². The number of nitrogens with one attached hydrogen (secondary N) is 1. The van der Waals surface area contributed by atoms with Crippen LogP contribution in [0.4, 0.5) is 0 Å². The summed E-state index contributed by atoms with van der Waals surface area (Å²) in [4.78, 5) is 9.00. The van der Waals surface area contributed by atoms with E-state index in [1.165, 1.54) is 0 Å². The van der Waals surface area contributed by atoms with Crippen LogP contribution in [0, 0.1) is 0 Å². The fourth-order valence-electron chi connectivity index (χ4n) is 2.97. The molecule has 6 heteroatoms. The Hall–Kier alpha value is -3.09. The molecular formula is C22H19N3O2S. The Bertz CT molecular complexity index is 1190. The number of rotatable bonds is 6. The van der Waals surface area contributed by atoms with Gasteiger partial charge in [0.25, 0.3) is 0 Å². The first kappa shape index (κ1) is 18.3. The highest BCUT2D eigenvalue weighted by atomic mass is 32.2. The van der Waals surface area contributed by atoms with Crippen LogP contribution >= 0.6 is 0 Å². The van der Waals surface area contributed by atoms with Gasteiger partial charge in [0.2, 0.25) is 10.0 Å². The normalized spacial score (nSPS) is 11.6. The minimum absolute atomic E-state index is 0.266. The number of aromatic nitrogens is 2. The Balaban J connectivity index is 1.41. The summed E-state index contributed by atoms with van der Waals surface area (Å²) in [5, 5.41) is 1.91. The number of hydrogen-bond donors (Lipinski definition) is 1. The summed E-state index contributed by atoms with van der Waals surface area (Å²) in [6.07, 6.45) is 3.99. The lowest BCUT2D eigenvalue weighted by atomic mass is 10.1. The highest BCUT2D eigenvalue weighted by Crippen LogP contribution is 2.19. The number of fused-ring (bicyclic) bond motifs is 1. The summed E-state index contributed by atoms with van der Waals surface area (Å²) in [5.41, 5.74) is 1.83. The first-order valence-electron chi connectivity index (χ1n) is 8.97. The number of sulfonamides is 1. The molecule has 0 bridgehead atoms. The molecule has 5 nitrogen and oxygen atoms in total. The maximum Gasteiger partial charge on any atom is 0.240 e. The van der Waals surface area contributed by atoms with Crippen molar-refractivity contribution < 1.29 is 8.42 Å². The molecular weight excluding hydrogens is 370 g/mol. The summed E-state index contributed by atoms with van der Waals surface area (Å²) >= 11 is 0. The van der Waals surface area contributed by atoms with E-state index in [9.17, 15) is 8.42 Å². The Labute approximate surface area is 164 Å². The molecule has 1 aromatic heterocycles. The van der Waals surface area contributed by atoms with Crippen molar-refractivity contribution in [3.05, 3.63) is 90.8 Å². The first-order chi connectivity index (χ1) is 13.6.